The number of rotatable bonds is 9. The Kier molecular flexibility index (Phi) is 11.6. The third-order valence-corrected chi connectivity index (χ3v) is 17.9. The molecule has 0 unspecified atom stereocenters. The second-order valence-electron chi connectivity index (χ2n) is 21.3. The van der Waals surface area contributed by atoms with Crippen molar-refractivity contribution in [1.29, 1.82) is 5.26 Å². The highest BCUT2D eigenvalue weighted by atomic mass is 32.2. The number of hydrogen-bond donors (Lipinski definition) is 0. The Morgan fingerprint density at radius 2 is 0.869 bits per heavy atom. The number of anilines is 12. The number of para-hydroxylation sites is 8. The molecule has 4 aliphatic heterocycles. The molecule has 0 saturated carbocycles. The monoisotopic (exact) mass is 1090 g/mol. The predicted molar refractivity (Wildman–Crippen MR) is 348 cm³/mol. The predicted octanol–water partition coefficient (Wildman–Crippen LogP) is 15.9. The molecular formula is C74H46B2N6OS. The van der Waals surface area contributed by atoms with Crippen molar-refractivity contribution in [3.05, 3.63) is 296 Å². The average Bonchev–Trinajstić information content (AvgIpc) is 0.755. The molecule has 0 amide bonds. The topological polar surface area (TPSA) is 50.3 Å². The summed E-state index contributed by atoms with van der Waals surface area (Å²) in [4.78, 5) is 15.7. The SMILES string of the molecule is [C-]#[N+]c1cccc(C#N)c1-c1c2c(cc3c1Sc1cc(N(c4ccccc4)c4ccccc4)cc4c1B3c1ccccc1N4c1ccccc1)B1c3ccccc3N(c3ccccc3)c3cc(N(c4ccccc4)c4ccccc4)cc(c31)O2. The van der Waals surface area contributed by atoms with Crippen LogP contribution in [0, 0.1) is 17.9 Å². The van der Waals surface area contributed by atoms with E-state index < -0.39 is 0 Å². The highest BCUT2D eigenvalue weighted by Gasteiger charge is 2.48. The van der Waals surface area contributed by atoms with Crippen LogP contribution in [0.3, 0.4) is 0 Å². The van der Waals surface area contributed by atoms with E-state index in [4.69, 9.17) is 11.3 Å². The van der Waals surface area contributed by atoms with Gasteiger partial charge in [-0.25, -0.2) is 4.85 Å². The summed E-state index contributed by atoms with van der Waals surface area (Å²) >= 11 is 1.71. The van der Waals surface area contributed by atoms with Gasteiger partial charge in [-0.2, -0.15) is 5.26 Å². The molecule has 12 aromatic carbocycles. The van der Waals surface area contributed by atoms with Gasteiger partial charge in [-0.05, 0) is 137 Å². The molecule has 16 rings (SSSR count). The van der Waals surface area contributed by atoms with Crippen molar-refractivity contribution in [2.75, 3.05) is 19.6 Å². The van der Waals surface area contributed by atoms with Crippen LogP contribution in [0.4, 0.5) is 73.9 Å². The molecule has 4 aliphatic rings. The largest absolute Gasteiger partial charge is 0.458 e. The lowest BCUT2D eigenvalue weighted by Gasteiger charge is -2.44. The molecule has 390 valence electrons. The normalized spacial score (nSPS) is 12.7. The second kappa shape index (κ2) is 20.0. The van der Waals surface area contributed by atoms with E-state index in [0.717, 1.165) is 111 Å². The quantitative estimate of drug-likeness (QED) is 0.105. The van der Waals surface area contributed by atoms with Gasteiger partial charge in [-0.1, -0.05) is 181 Å². The van der Waals surface area contributed by atoms with Crippen molar-refractivity contribution in [3.63, 3.8) is 0 Å². The molecule has 0 fully saturated rings. The summed E-state index contributed by atoms with van der Waals surface area (Å²) in [7, 11) is 0. The van der Waals surface area contributed by atoms with Gasteiger partial charge < -0.3 is 24.3 Å². The molecule has 84 heavy (non-hydrogen) atoms. The molecular weight excluding hydrogens is 1040 g/mol. The Morgan fingerprint density at radius 3 is 1.37 bits per heavy atom. The van der Waals surface area contributed by atoms with Crippen LogP contribution in [0.25, 0.3) is 16.0 Å². The Hall–Kier alpha value is -10.9. The number of fused-ring (bicyclic) bond motifs is 8. The van der Waals surface area contributed by atoms with Gasteiger partial charge in [0, 0.05) is 95.1 Å². The first kappa shape index (κ1) is 49.0. The van der Waals surface area contributed by atoms with E-state index >= 15 is 0 Å². The zero-order chi connectivity index (χ0) is 55.8. The summed E-state index contributed by atoms with van der Waals surface area (Å²) in [6, 6.07) is 101. The number of nitriles is 1. The first-order chi connectivity index (χ1) is 41.6. The van der Waals surface area contributed by atoms with Crippen molar-refractivity contribution in [1.82, 2.24) is 0 Å². The van der Waals surface area contributed by atoms with Crippen LogP contribution in [-0.4, -0.2) is 13.4 Å². The minimum Gasteiger partial charge on any atom is -0.458 e. The van der Waals surface area contributed by atoms with E-state index in [9.17, 15) is 5.26 Å². The third kappa shape index (κ3) is 7.69. The fourth-order valence-electron chi connectivity index (χ4n) is 13.3. The van der Waals surface area contributed by atoms with E-state index in [-0.39, 0.29) is 13.4 Å². The molecule has 10 heteroatoms. The van der Waals surface area contributed by atoms with Gasteiger partial charge in [-0.15, -0.1) is 0 Å². The number of hydrogen-bond acceptors (Lipinski definition) is 7. The molecule has 0 aromatic heterocycles. The van der Waals surface area contributed by atoms with Crippen molar-refractivity contribution < 1.29 is 4.74 Å². The third-order valence-electron chi connectivity index (χ3n) is 16.7. The molecule has 4 heterocycles. The van der Waals surface area contributed by atoms with E-state index in [1.165, 1.54) is 5.46 Å². The zero-order valence-corrected chi connectivity index (χ0v) is 46.0. The van der Waals surface area contributed by atoms with E-state index in [1.807, 2.05) is 30.3 Å². The van der Waals surface area contributed by atoms with Gasteiger partial charge in [0.25, 0.3) is 6.71 Å². The maximum atomic E-state index is 11.4. The van der Waals surface area contributed by atoms with Crippen LogP contribution >= 0.6 is 11.8 Å². The van der Waals surface area contributed by atoms with Crippen molar-refractivity contribution in [3.8, 4) is 28.7 Å². The van der Waals surface area contributed by atoms with E-state index in [0.29, 0.717) is 28.3 Å². The minimum atomic E-state index is -0.334. The molecule has 0 bridgehead atoms. The highest BCUT2D eigenvalue weighted by molar-refractivity contribution is 8.00. The Balaban J connectivity index is 1.02. The van der Waals surface area contributed by atoms with Gasteiger partial charge in [-0.3, -0.25) is 0 Å². The smallest absolute Gasteiger partial charge is 0.256 e. The van der Waals surface area contributed by atoms with Crippen molar-refractivity contribution >= 4 is 132 Å². The lowest BCUT2D eigenvalue weighted by Crippen LogP contribution is -2.63. The molecule has 12 aromatic rings. The van der Waals surface area contributed by atoms with Crippen molar-refractivity contribution in [2.45, 2.75) is 9.79 Å². The summed E-state index contributed by atoms with van der Waals surface area (Å²) in [6.07, 6.45) is 0. The number of benzene rings is 12. The lowest BCUT2D eigenvalue weighted by molar-refractivity contribution is 0.488. The fraction of sp³-hybridized carbons (Fsp3) is 0. The Bertz CT molecular complexity index is 4310. The second-order valence-corrected chi connectivity index (χ2v) is 22.4. The summed E-state index contributed by atoms with van der Waals surface area (Å²) in [6.45, 7) is 8.26. The summed E-state index contributed by atoms with van der Waals surface area (Å²) in [5.41, 5.74) is 20.9. The fourth-order valence-corrected chi connectivity index (χ4v) is 14.7. The molecule has 0 saturated heterocycles. The van der Waals surface area contributed by atoms with E-state index in [2.05, 4.69) is 279 Å². The summed E-state index contributed by atoms with van der Waals surface area (Å²) < 4.78 is 7.86. The number of nitrogens with zero attached hydrogens (tertiary/aromatic N) is 6. The standard InChI is InChI=1S/C74H46B2N6OS/c1-78-62-40-24-25-49(48-77)69(62)70-73-60(75-58-38-20-22-41-63(58)81(54-34-16-6-17-35-54)65-43-56(45-67(83-73)71(65)75)79(50-26-8-2-9-27-50)51-28-10-3-11-29-51)47-61-74(70)84-68-46-57(80(52-30-12-4-13-31-52)53-32-14-5-15-33-53)44-66-72(68)76(61)59-39-21-23-42-64(59)82(66)55-36-18-7-19-37-55/h2-47H. The van der Waals surface area contributed by atoms with Crippen molar-refractivity contribution in [2.24, 2.45) is 0 Å². The van der Waals surface area contributed by atoms with Crippen LogP contribution in [0.2, 0.25) is 0 Å². The molecule has 0 spiro atoms. The summed E-state index contributed by atoms with van der Waals surface area (Å²) in [5.74, 6) is 1.33. The molecule has 0 N–H and O–H groups in total. The summed E-state index contributed by atoms with van der Waals surface area (Å²) in [5, 5.41) is 11.4. The first-order valence-corrected chi connectivity index (χ1v) is 29.0. The average molecular weight is 1090 g/mol. The molecule has 0 aliphatic carbocycles. The van der Waals surface area contributed by atoms with Crippen LogP contribution in [0.5, 0.6) is 11.5 Å². The molecule has 0 radical (unpaired) electrons. The number of ether oxygens (including phenoxy) is 1. The maximum Gasteiger partial charge on any atom is 0.256 e. The molecule has 0 atom stereocenters. The Labute approximate surface area is 493 Å². The van der Waals surface area contributed by atoms with Crippen LogP contribution in [0.15, 0.2) is 289 Å². The zero-order valence-electron chi connectivity index (χ0n) is 45.2. The maximum absolute atomic E-state index is 11.4. The first-order valence-electron chi connectivity index (χ1n) is 28.2. The minimum absolute atomic E-state index is 0.277. The van der Waals surface area contributed by atoms with Gasteiger partial charge in [0.2, 0.25) is 6.71 Å². The van der Waals surface area contributed by atoms with Crippen LogP contribution < -0.4 is 57.1 Å². The van der Waals surface area contributed by atoms with Gasteiger partial charge in [0.15, 0.2) is 5.69 Å². The van der Waals surface area contributed by atoms with E-state index in [1.54, 1.807) is 11.8 Å². The van der Waals surface area contributed by atoms with Crippen LogP contribution in [0.1, 0.15) is 5.56 Å². The van der Waals surface area contributed by atoms with Crippen LogP contribution in [-0.2, 0) is 0 Å². The van der Waals surface area contributed by atoms with Gasteiger partial charge >= 0.3 is 0 Å². The van der Waals surface area contributed by atoms with Gasteiger partial charge in [0.05, 0.1) is 18.3 Å². The molecule has 7 nitrogen and oxygen atoms in total. The highest BCUT2D eigenvalue weighted by Crippen LogP contribution is 2.54. The Morgan fingerprint density at radius 1 is 0.417 bits per heavy atom. The van der Waals surface area contributed by atoms with Gasteiger partial charge in [0.1, 0.15) is 11.5 Å². The lowest BCUT2D eigenvalue weighted by atomic mass is 9.31.